The number of imidazole rings is 1. The molecular formula is C21H16N4OS2. The Kier molecular flexibility index (Phi) is 4.33. The third-order valence-electron chi connectivity index (χ3n) is 4.59. The lowest BCUT2D eigenvalue weighted by Gasteiger charge is -2.30. The lowest BCUT2D eigenvalue weighted by Crippen LogP contribution is -2.30. The van der Waals surface area contributed by atoms with Crippen molar-refractivity contribution in [2.24, 2.45) is 7.05 Å². The lowest BCUT2D eigenvalue weighted by atomic mass is 10.2. The first-order chi connectivity index (χ1) is 13.7. The van der Waals surface area contributed by atoms with Crippen LogP contribution in [0.2, 0.25) is 0 Å². The highest BCUT2D eigenvalue weighted by Gasteiger charge is 2.28. The van der Waals surface area contributed by atoms with E-state index >= 15 is 0 Å². The number of carbonyl (C=O) groups is 1. The number of aryl methyl sites for hydroxylation is 1. The Bertz CT molecular complexity index is 1160. The summed E-state index contributed by atoms with van der Waals surface area (Å²) in [4.78, 5) is 26.2. The highest BCUT2D eigenvalue weighted by atomic mass is 32.2. The van der Waals surface area contributed by atoms with Crippen LogP contribution < -0.4 is 4.90 Å². The molecule has 0 saturated carbocycles. The van der Waals surface area contributed by atoms with Crippen molar-refractivity contribution in [2.75, 3.05) is 10.7 Å². The van der Waals surface area contributed by atoms with E-state index < -0.39 is 0 Å². The molecule has 5 rings (SSSR count). The zero-order valence-corrected chi connectivity index (χ0v) is 16.7. The number of thioether (sulfide) groups is 1. The van der Waals surface area contributed by atoms with Gasteiger partial charge in [-0.1, -0.05) is 47.8 Å². The molecule has 0 atom stereocenters. The van der Waals surface area contributed by atoms with Crippen molar-refractivity contribution in [3.8, 4) is 0 Å². The third-order valence-corrected chi connectivity index (χ3v) is 6.74. The van der Waals surface area contributed by atoms with Gasteiger partial charge in [0.15, 0.2) is 10.8 Å². The van der Waals surface area contributed by atoms with Crippen LogP contribution in [0.1, 0.15) is 0 Å². The van der Waals surface area contributed by atoms with Crippen molar-refractivity contribution < 1.29 is 4.79 Å². The van der Waals surface area contributed by atoms with E-state index in [-0.39, 0.29) is 5.91 Å². The smallest absolute Gasteiger partial charge is 0.242 e. The van der Waals surface area contributed by atoms with Gasteiger partial charge < -0.3 is 4.57 Å². The van der Waals surface area contributed by atoms with Gasteiger partial charge in [0.05, 0.1) is 17.1 Å². The van der Waals surface area contributed by atoms with Crippen LogP contribution in [-0.2, 0) is 11.8 Å². The molecule has 1 amide bonds. The van der Waals surface area contributed by atoms with Gasteiger partial charge in [0.25, 0.3) is 0 Å². The maximum Gasteiger partial charge on any atom is 0.242 e. The molecule has 2 aromatic heterocycles. The summed E-state index contributed by atoms with van der Waals surface area (Å²) in [6.07, 6.45) is 1.75. The molecule has 0 radical (unpaired) electrons. The predicted molar refractivity (Wildman–Crippen MR) is 113 cm³/mol. The fourth-order valence-electron chi connectivity index (χ4n) is 3.30. The molecule has 7 heteroatoms. The average Bonchev–Trinajstić information content (AvgIpc) is 3.06. The Balaban J connectivity index is 1.46. The molecule has 5 nitrogen and oxygen atoms in total. The molecule has 28 heavy (non-hydrogen) atoms. The molecule has 1 aliphatic heterocycles. The van der Waals surface area contributed by atoms with Gasteiger partial charge in [0.2, 0.25) is 5.91 Å². The normalized spacial score (nSPS) is 12.7. The zero-order valence-electron chi connectivity index (χ0n) is 15.1. The summed E-state index contributed by atoms with van der Waals surface area (Å²) in [7, 11) is 1.93. The Morgan fingerprint density at radius 2 is 1.68 bits per heavy atom. The van der Waals surface area contributed by atoms with Crippen LogP contribution in [0.25, 0.3) is 11.2 Å². The number of hydrogen-bond acceptors (Lipinski definition) is 5. The minimum absolute atomic E-state index is 0.0326. The molecule has 138 valence electrons. The number of nitrogens with zero attached hydrogens (tertiary/aromatic N) is 4. The Morgan fingerprint density at radius 3 is 2.36 bits per heavy atom. The SMILES string of the molecule is Cn1c(SCC(=O)N2c3ccccc3Sc3ccccc32)nc2cccnc21. The highest BCUT2D eigenvalue weighted by molar-refractivity contribution is 8.00. The lowest BCUT2D eigenvalue weighted by molar-refractivity contribution is -0.115. The second kappa shape index (κ2) is 7.00. The van der Waals surface area contributed by atoms with Gasteiger partial charge in [-0.05, 0) is 36.4 Å². The van der Waals surface area contributed by atoms with Crippen LogP contribution in [0.15, 0.2) is 81.8 Å². The summed E-state index contributed by atoms with van der Waals surface area (Å²) in [6, 6.07) is 19.9. The number of benzene rings is 2. The quantitative estimate of drug-likeness (QED) is 0.455. The minimum Gasteiger partial charge on any atom is -0.307 e. The van der Waals surface area contributed by atoms with Crippen molar-refractivity contribution in [3.05, 3.63) is 66.9 Å². The second-order valence-electron chi connectivity index (χ2n) is 6.35. The number of rotatable bonds is 3. The summed E-state index contributed by atoms with van der Waals surface area (Å²) < 4.78 is 1.93. The van der Waals surface area contributed by atoms with Crippen molar-refractivity contribution in [3.63, 3.8) is 0 Å². The van der Waals surface area contributed by atoms with Crippen LogP contribution in [0.4, 0.5) is 11.4 Å². The number of carbonyl (C=O) groups excluding carboxylic acids is 1. The number of para-hydroxylation sites is 2. The third kappa shape index (κ3) is 2.87. The molecule has 2 aromatic carbocycles. The van der Waals surface area contributed by atoms with Gasteiger partial charge in [0, 0.05) is 23.0 Å². The fraction of sp³-hybridized carbons (Fsp3) is 0.0952. The summed E-state index contributed by atoms with van der Waals surface area (Å²) in [6.45, 7) is 0. The van der Waals surface area contributed by atoms with Gasteiger partial charge in [-0.2, -0.15) is 0 Å². The van der Waals surface area contributed by atoms with Gasteiger partial charge in [-0.15, -0.1) is 0 Å². The topological polar surface area (TPSA) is 51.0 Å². The van der Waals surface area contributed by atoms with Crippen LogP contribution >= 0.6 is 23.5 Å². The summed E-state index contributed by atoms with van der Waals surface area (Å²) in [5.41, 5.74) is 3.53. The zero-order chi connectivity index (χ0) is 19.1. The number of anilines is 2. The van der Waals surface area contributed by atoms with Crippen LogP contribution in [0, 0.1) is 0 Å². The maximum absolute atomic E-state index is 13.3. The van der Waals surface area contributed by atoms with Gasteiger partial charge in [-0.25, -0.2) is 9.97 Å². The van der Waals surface area contributed by atoms with E-state index in [4.69, 9.17) is 0 Å². The molecule has 4 aromatic rings. The van der Waals surface area contributed by atoms with E-state index in [9.17, 15) is 4.79 Å². The molecule has 1 aliphatic rings. The number of hydrogen-bond donors (Lipinski definition) is 0. The molecule has 0 aliphatic carbocycles. The Morgan fingerprint density at radius 1 is 1.00 bits per heavy atom. The predicted octanol–water partition coefficient (Wildman–Crippen LogP) is 4.89. The van der Waals surface area contributed by atoms with E-state index in [1.165, 1.54) is 11.8 Å². The first-order valence-electron chi connectivity index (χ1n) is 8.81. The molecule has 3 heterocycles. The van der Waals surface area contributed by atoms with Crippen molar-refractivity contribution in [1.82, 2.24) is 14.5 Å². The van der Waals surface area contributed by atoms with Gasteiger partial charge in [0.1, 0.15) is 5.52 Å². The number of pyridine rings is 1. The molecule has 0 spiro atoms. The fourth-order valence-corrected chi connectivity index (χ4v) is 5.18. The largest absolute Gasteiger partial charge is 0.307 e. The first-order valence-corrected chi connectivity index (χ1v) is 10.6. The second-order valence-corrected chi connectivity index (χ2v) is 8.38. The monoisotopic (exact) mass is 404 g/mol. The summed E-state index contributed by atoms with van der Waals surface area (Å²) in [5.74, 6) is 0.329. The molecule has 0 fully saturated rings. The van der Waals surface area contributed by atoms with Crippen molar-refractivity contribution in [2.45, 2.75) is 14.9 Å². The van der Waals surface area contributed by atoms with Crippen molar-refractivity contribution in [1.29, 1.82) is 0 Å². The summed E-state index contributed by atoms with van der Waals surface area (Å²) in [5, 5.41) is 0.787. The first kappa shape index (κ1) is 17.3. The molecule has 0 bridgehead atoms. The van der Waals surface area contributed by atoms with Crippen molar-refractivity contribution >= 4 is 52.0 Å². The van der Waals surface area contributed by atoms with Gasteiger partial charge >= 0.3 is 0 Å². The standard InChI is InChI=1S/C21H16N4OS2/c1-24-20-14(7-6-12-22-20)23-21(24)27-13-19(26)25-15-8-2-4-10-17(15)28-18-11-5-3-9-16(18)25/h2-12H,13H2,1H3. The van der Waals surface area contributed by atoms with Crippen LogP contribution in [0.5, 0.6) is 0 Å². The molecule has 0 unspecified atom stereocenters. The highest BCUT2D eigenvalue weighted by Crippen LogP contribution is 2.48. The van der Waals surface area contributed by atoms with E-state index in [1.807, 2.05) is 65.0 Å². The van der Waals surface area contributed by atoms with E-state index in [2.05, 4.69) is 22.1 Å². The Labute approximate surface area is 170 Å². The molecular weight excluding hydrogens is 388 g/mol. The molecule has 0 saturated heterocycles. The van der Waals surface area contributed by atoms with E-state index in [1.54, 1.807) is 18.0 Å². The Hall–Kier alpha value is -2.77. The van der Waals surface area contributed by atoms with Gasteiger partial charge in [-0.3, -0.25) is 9.69 Å². The maximum atomic E-state index is 13.3. The number of amides is 1. The average molecular weight is 405 g/mol. The van der Waals surface area contributed by atoms with Crippen LogP contribution in [0.3, 0.4) is 0 Å². The van der Waals surface area contributed by atoms with Crippen LogP contribution in [-0.4, -0.2) is 26.2 Å². The minimum atomic E-state index is 0.0326. The van der Waals surface area contributed by atoms with E-state index in [0.717, 1.165) is 37.5 Å². The van der Waals surface area contributed by atoms with E-state index in [0.29, 0.717) is 5.75 Å². The number of aromatic nitrogens is 3. The molecule has 0 N–H and O–H groups in total. The number of fused-ring (bicyclic) bond motifs is 3. The summed E-state index contributed by atoms with van der Waals surface area (Å²) >= 11 is 3.14.